The molecule has 2 aromatic carbocycles. The number of methoxy groups -OCH3 is 2. The van der Waals surface area contributed by atoms with E-state index >= 15 is 0 Å². The summed E-state index contributed by atoms with van der Waals surface area (Å²) < 4.78 is 17.1. The zero-order valence-electron chi connectivity index (χ0n) is 16.8. The summed E-state index contributed by atoms with van der Waals surface area (Å²) in [6, 6.07) is 19.7. The molecule has 0 radical (unpaired) electrons. The molecule has 3 aromatic rings. The number of hydrogen-bond acceptors (Lipinski definition) is 6. The van der Waals surface area contributed by atoms with Gasteiger partial charge in [-0.05, 0) is 5.56 Å². The SMILES string of the molecule is COC(Cn1c(-c2ccccc2)nc(NC(=O)OCc2ccccc2)cc1=O)OC. The summed E-state index contributed by atoms with van der Waals surface area (Å²) in [5.74, 6) is 0.472. The van der Waals surface area contributed by atoms with Gasteiger partial charge < -0.3 is 14.2 Å². The zero-order valence-corrected chi connectivity index (χ0v) is 16.8. The Balaban J connectivity index is 1.84. The second-order valence-electron chi connectivity index (χ2n) is 6.37. The van der Waals surface area contributed by atoms with Gasteiger partial charge >= 0.3 is 6.09 Å². The molecular weight excluding hydrogens is 386 g/mol. The van der Waals surface area contributed by atoms with Gasteiger partial charge in [-0.3, -0.25) is 14.7 Å². The highest BCUT2D eigenvalue weighted by atomic mass is 16.7. The van der Waals surface area contributed by atoms with Crippen molar-refractivity contribution in [2.24, 2.45) is 0 Å². The lowest BCUT2D eigenvalue weighted by Gasteiger charge is -2.18. The van der Waals surface area contributed by atoms with Gasteiger partial charge in [0.25, 0.3) is 5.56 Å². The van der Waals surface area contributed by atoms with Crippen LogP contribution in [0.4, 0.5) is 10.6 Å². The fourth-order valence-corrected chi connectivity index (χ4v) is 2.81. The molecule has 0 unspecified atom stereocenters. The third-order valence-electron chi connectivity index (χ3n) is 4.34. The highest BCUT2D eigenvalue weighted by Crippen LogP contribution is 2.18. The van der Waals surface area contributed by atoms with E-state index in [4.69, 9.17) is 14.2 Å². The van der Waals surface area contributed by atoms with Crippen molar-refractivity contribution in [3.63, 3.8) is 0 Å². The maximum absolute atomic E-state index is 12.8. The molecule has 8 nitrogen and oxygen atoms in total. The largest absolute Gasteiger partial charge is 0.444 e. The molecule has 0 saturated carbocycles. The Morgan fingerprint density at radius 3 is 2.30 bits per heavy atom. The molecule has 1 heterocycles. The van der Waals surface area contributed by atoms with Crippen molar-refractivity contribution in [1.82, 2.24) is 9.55 Å². The highest BCUT2D eigenvalue weighted by Gasteiger charge is 2.16. The first-order chi connectivity index (χ1) is 14.6. The Kier molecular flexibility index (Phi) is 7.31. The molecule has 0 aliphatic heterocycles. The number of hydrogen-bond donors (Lipinski definition) is 1. The lowest BCUT2D eigenvalue weighted by atomic mass is 10.2. The van der Waals surface area contributed by atoms with Crippen LogP contribution < -0.4 is 10.9 Å². The van der Waals surface area contributed by atoms with Gasteiger partial charge in [0.2, 0.25) is 0 Å². The van der Waals surface area contributed by atoms with Crippen molar-refractivity contribution in [1.29, 1.82) is 0 Å². The van der Waals surface area contributed by atoms with Gasteiger partial charge in [-0.25, -0.2) is 9.78 Å². The van der Waals surface area contributed by atoms with Crippen molar-refractivity contribution in [2.45, 2.75) is 19.4 Å². The van der Waals surface area contributed by atoms with Gasteiger partial charge in [0.05, 0.1) is 6.54 Å². The number of carbonyl (C=O) groups is 1. The van der Waals surface area contributed by atoms with Gasteiger partial charge in [0.1, 0.15) is 18.2 Å². The Morgan fingerprint density at radius 2 is 1.67 bits per heavy atom. The van der Waals surface area contributed by atoms with Crippen molar-refractivity contribution in [2.75, 3.05) is 19.5 Å². The van der Waals surface area contributed by atoms with Crippen LogP contribution in [-0.2, 0) is 27.4 Å². The minimum absolute atomic E-state index is 0.0968. The lowest BCUT2D eigenvalue weighted by molar-refractivity contribution is -0.111. The number of amides is 1. The number of carbonyl (C=O) groups excluding carboxylic acids is 1. The number of ether oxygens (including phenoxy) is 3. The smallest absolute Gasteiger partial charge is 0.413 e. The van der Waals surface area contributed by atoms with Crippen LogP contribution in [0.15, 0.2) is 71.5 Å². The van der Waals surface area contributed by atoms with E-state index in [1.54, 1.807) is 0 Å². The Hall–Kier alpha value is -3.49. The normalized spacial score (nSPS) is 10.8. The van der Waals surface area contributed by atoms with Crippen LogP contribution in [0.25, 0.3) is 11.4 Å². The minimum Gasteiger partial charge on any atom is -0.444 e. The van der Waals surface area contributed by atoms with Crippen LogP contribution >= 0.6 is 0 Å². The lowest BCUT2D eigenvalue weighted by Crippen LogP contribution is -2.31. The third-order valence-corrected chi connectivity index (χ3v) is 4.34. The molecule has 0 bridgehead atoms. The number of nitrogens with zero attached hydrogens (tertiary/aromatic N) is 2. The average Bonchev–Trinajstić information content (AvgIpc) is 2.78. The predicted octanol–water partition coefficient (Wildman–Crippen LogP) is 3.28. The first-order valence-electron chi connectivity index (χ1n) is 9.31. The van der Waals surface area contributed by atoms with Crippen LogP contribution in [-0.4, -0.2) is 36.2 Å². The molecule has 30 heavy (non-hydrogen) atoms. The first-order valence-corrected chi connectivity index (χ1v) is 9.31. The van der Waals surface area contributed by atoms with E-state index in [0.29, 0.717) is 11.4 Å². The molecule has 0 saturated heterocycles. The summed E-state index contributed by atoms with van der Waals surface area (Å²) in [7, 11) is 2.99. The van der Waals surface area contributed by atoms with Crippen LogP contribution in [0.3, 0.4) is 0 Å². The zero-order chi connectivity index (χ0) is 21.3. The maximum atomic E-state index is 12.8. The molecule has 3 rings (SSSR count). The Morgan fingerprint density at radius 1 is 1.03 bits per heavy atom. The highest BCUT2D eigenvalue weighted by molar-refractivity contribution is 5.83. The molecule has 0 atom stereocenters. The molecule has 0 aliphatic carbocycles. The predicted molar refractivity (Wildman–Crippen MR) is 112 cm³/mol. The van der Waals surface area contributed by atoms with Crippen molar-refractivity contribution in [3.8, 4) is 11.4 Å². The summed E-state index contributed by atoms with van der Waals surface area (Å²) in [5, 5.41) is 2.52. The van der Waals surface area contributed by atoms with Crippen molar-refractivity contribution >= 4 is 11.9 Å². The van der Waals surface area contributed by atoms with Crippen LogP contribution in [0.2, 0.25) is 0 Å². The molecule has 8 heteroatoms. The van der Waals surface area contributed by atoms with Crippen LogP contribution in [0.1, 0.15) is 5.56 Å². The Bertz CT molecular complexity index is 1020. The van der Waals surface area contributed by atoms with E-state index in [1.807, 2.05) is 60.7 Å². The second kappa shape index (κ2) is 10.3. The van der Waals surface area contributed by atoms with E-state index in [0.717, 1.165) is 5.56 Å². The molecule has 1 amide bonds. The topological polar surface area (TPSA) is 91.7 Å². The maximum Gasteiger partial charge on any atom is 0.413 e. The first kappa shape index (κ1) is 21.2. The van der Waals surface area contributed by atoms with Crippen molar-refractivity contribution < 1.29 is 19.0 Å². The fraction of sp³-hybridized carbons (Fsp3) is 0.227. The number of anilines is 1. The standard InChI is InChI=1S/C22H23N3O5/c1-28-20(29-2)14-25-19(26)13-18(23-21(25)17-11-7-4-8-12-17)24-22(27)30-15-16-9-5-3-6-10-16/h3-13,20H,14-15H2,1-2H3,(H,24,27). The summed E-state index contributed by atoms with van der Waals surface area (Å²) >= 11 is 0. The van der Waals surface area contributed by atoms with Gasteiger partial charge in [0, 0.05) is 25.8 Å². The summed E-state index contributed by atoms with van der Waals surface area (Å²) in [5.41, 5.74) is 1.20. The quantitative estimate of drug-likeness (QED) is 0.574. The summed E-state index contributed by atoms with van der Waals surface area (Å²) in [4.78, 5) is 29.4. The van der Waals surface area contributed by atoms with Gasteiger partial charge in [-0.15, -0.1) is 0 Å². The van der Waals surface area contributed by atoms with E-state index in [9.17, 15) is 9.59 Å². The molecule has 156 valence electrons. The van der Waals surface area contributed by atoms with Gasteiger partial charge in [0.15, 0.2) is 6.29 Å². The van der Waals surface area contributed by atoms with Crippen LogP contribution in [0.5, 0.6) is 0 Å². The molecule has 0 spiro atoms. The van der Waals surface area contributed by atoms with E-state index < -0.39 is 12.4 Å². The van der Waals surface area contributed by atoms with Crippen molar-refractivity contribution in [3.05, 3.63) is 82.6 Å². The monoisotopic (exact) mass is 409 g/mol. The van der Waals surface area contributed by atoms with Crippen LogP contribution in [0, 0.1) is 0 Å². The summed E-state index contributed by atoms with van der Waals surface area (Å²) in [6.45, 7) is 0.250. The second-order valence-corrected chi connectivity index (χ2v) is 6.37. The van der Waals surface area contributed by atoms with E-state index in [-0.39, 0.29) is 24.5 Å². The van der Waals surface area contributed by atoms with Gasteiger partial charge in [-0.2, -0.15) is 0 Å². The van der Waals surface area contributed by atoms with E-state index in [2.05, 4.69) is 10.3 Å². The third kappa shape index (κ3) is 5.53. The molecule has 0 fully saturated rings. The average molecular weight is 409 g/mol. The molecule has 1 N–H and O–H groups in total. The fourth-order valence-electron chi connectivity index (χ4n) is 2.81. The number of benzene rings is 2. The molecule has 1 aromatic heterocycles. The summed E-state index contributed by atoms with van der Waals surface area (Å²) in [6.07, 6.45) is -1.32. The number of nitrogens with one attached hydrogen (secondary N) is 1. The number of rotatable bonds is 8. The van der Waals surface area contributed by atoms with Gasteiger partial charge in [-0.1, -0.05) is 60.7 Å². The minimum atomic E-state index is -0.700. The molecular formula is C22H23N3O5. The Labute approximate surface area is 174 Å². The molecule has 0 aliphatic rings. The van der Waals surface area contributed by atoms with E-state index in [1.165, 1.54) is 24.9 Å². The number of aromatic nitrogens is 2.